The summed E-state index contributed by atoms with van der Waals surface area (Å²) in [5, 5.41) is 12.4. The molecular formula is C23H24Cl2N2O4S2. The van der Waals surface area contributed by atoms with Gasteiger partial charge in [-0.2, -0.15) is 0 Å². The molecule has 6 nitrogen and oxygen atoms in total. The minimum atomic E-state index is -1.13. The Balaban J connectivity index is 2.19. The molecule has 0 aliphatic rings. The first kappa shape index (κ1) is 25.5. The molecule has 33 heavy (non-hydrogen) atoms. The van der Waals surface area contributed by atoms with E-state index in [0.29, 0.717) is 33.2 Å². The number of carboxylic acid groups (broad SMARTS) is 1. The molecule has 2 heterocycles. The molecule has 3 rings (SSSR count). The van der Waals surface area contributed by atoms with Crippen molar-refractivity contribution in [1.29, 1.82) is 0 Å². The number of carbonyl (C=O) groups is 2. The zero-order valence-electron chi connectivity index (χ0n) is 18.8. The van der Waals surface area contributed by atoms with Crippen molar-refractivity contribution < 1.29 is 19.4 Å². The maximum atomic E-state index is 13.3. The monoisotopic (exact) mass is 526 g/mol. The van der Waals surface area contributed by atoms with Crippen molar-refractivity contribution in [3.8, 4) is 11.3 Å². The molecule has 0 aliphatic heterocycles. The number of carboxylic acids is 1. The SMILES string of the molecule is CC(C)Cc1sc(N(C(=O)OC(C)(C)C)c2ccsc2C(=O)O)nc1-c1ccc(Cl)c(Cl)c1. The molecule has 176 valence electrons. The normalized spacial score (nSPS) is 11.6. The molecule has 0 radical (unpaired) electrons. The van der Waals surface area contributed by atoms with Crippen LogP contribution in [0.1, 0.15) is 49.2 Å². The molecule has 1 N–H and O–H groups in total. The number of ether oxygens (including phenoxy) is 1. The highest BCUT2D eigenvalue weighted by molar-refractivity contribution is 7.16. The number of aromatic carboxylic acids is 1. The van der Waals surface area contributed by atoms with Crippen LogP contribution in [0.3, 0.4) is 0 Å². The Hall–Kier alpha value is -2.13. The van der Waals surface area contributed by atoms with Crippen molar-refractivity contribution in [2.24, 2.45) is 5.92 Å². The second kappa shape index (κ2) is 10.0. The van der Waals surface area contributed by atoms with Crippen LogP contribution >= 0.6 is 45.9 Å². The Morgan fingerprint density at radius 1 is 1.18 bits per heavy atom. The second-order valence-electron chi connectivity index (χ2n) is 8.75. The third kappa shape index (κ3) is 6.06. The summed E-state index contributed by atoms with van der Waals surface area (Å²) >= 11 is 14.7. The number of nitrogens with zero attached hydrogens (tertiary/aromatic N) is 2. The van der Waals surface area contributed by atoms with Crippen molar-refractivity contribution in [2.45, 2.75) is 46.6 Å². The number of amides is 1. The summed E-state index contributed by atoms with van der Waals surface area (Å²) in [6, 6.07) is 6.84. The first-order valence-corrected chi connectivity index (χ1v) is 12.6. The predicted octanol–water partition coefficient (Wildman–Crippen LogP) is 8.15. The van der Waals surface area contributed by atoms with E-state index in [0.717, 1.165) is 21.8 Å². The molecule has 3 aromatic rings. The van der Waals surface area contributed by atoms with E-state index >= 15 is 0 Å². The van der Waals surface area contributed by atoms with Gasteiger partial charge in [0.2, 0.25) is 0 Å². The second-order valence-corrected chi connectivity index (χ2v) is 11.5. The topological polar surface area (TPSA) is 79.7 Å². The molecule has 1 amide bonds. The van der Waals surface area contributed by atoms with Gasteiger partial charge in [0.05, 0.1) is 21.4 Å². The highest BCUT2D eigenvalue weighted by Crippen LogP contribution is 2.41. The Bertz CT molecular complexity index is 1180. The van der Waals surface area contributed by atoms with Gasteiger partial charge in [-0.15, -0.1) is 22.7 Å². The summed E-state index contributed by atoms with van der Waals surface area (Å²) in [6.07, 6.45) is 0.0131. The lowest BCUT2D eigenvalue weighted by Gasteiger charge is -2.25. The van der Waals surface area contributed by atoms with E-state index in [4.69, 9.17) is 32.9 Å². The third-order valence-corrected chi connectivity index (χ3v) is 7.01. The average molecular weight is 527 g/mol. The summed E-state index contributed by atoms with van der Waals surface area (Å²) in [5.41, 5.74) is 0.866. The van der Waals surface area contributed by atoms with Crippen LogP contribution in [0.25, 0.3) is 11.3 Å². The molecule has 0 unspecified atom stereocenters. The number of carbonyl (C=O) groups excluding carboxylic acids is 1. The Labute approximate surface area is 210 Å². The van der Waals surface area contributed by atoms with Crippen molar-refractivity contribution in [1.82, 2.24) is 4.98 Å². The molecule has 0 fully saturated rings. The average Bonchev–Trinajstić information content (AvgIpc) is 3.30. The lowest BCUT2D eigenvalue weighted by Crippen LogP contribution is -2.34. The zero-order chi connectivity index (χ0) is 24.5. The van der Waals surface area contributed by atoms with Gasteiger partial charge in [0.1, 0.15) is 10.5 Å². The molecule has 0 spiro atoms. The molecule has 0 bridgehead atoms. The van der Waals surface area contributed by atoms with Gasteiger partial charge in [-0.05, 0) is 56.7 Å². The van der Waals surface area contributed by atoms with E-state index in [1.807, 2.05) is 6.07 Å². The number of thiazole rings is 1. The van der Waals surface area contributed by atoms with Crippen molar-refractivity contribution in [3.63, 3.8) is 0 Å². The molecule has 1 aromatic carbocycles. The van der Waals surface area contributed by atoms with E-state index < -0.39 is 17.7 Å². The maximum absolute atomic E-state index is 13.3. The van der Waals surface area contributed by atoms with Crippen LogP contribution in [0.4, 0.5) is 15.6 Å². The van der Waals surface area contributed by atoms with E-state index in [2.05, 4.69) is 13.8 Å². The minimum absolute atomic E-state index is 0.0255. The largest absolute Gasteiger partial charge is 0.477 e. The molecule has 2 aromatic heterocycles. The highest BCUT2D eigenvalue weighted by atomic mass is 35.5. The smallest absolute Gasteiger partial charge is 0.421 e. The van der Waals surface area contributed by atoms with Gasteiger partial charge >= 0.3 is 12.1 Å². The van der Waals surface area contributed by atoms with Crippen LogP contribution in [-0.4, -0.2) is 27.8 Å². The molecule has 10 heteroatoms. The third-order valence-electron chi connectivity index (χ3n) is 4.32. The minimum Gasteiger partial charge on any atom is -0.477 e. The fourth-order valence-corrected chi connectivity index (χ4v) is 5.35. The molecule has 0 aliphatic carbocycles. The van der Waals surface area contributed by atoms with Gasteiger partial charge < -0.3 is 9.84 Å². The Morgan fingerprint density at radius 2 is 1.88 bits per heavy atom. The fraction of sp³-hybridized carbons (Fsp3) is 0.348. The standard InChI is InChI=1S/C23H24Cl2N2O4S2/c1-12(2)10-17-18(13-6-7-14(24)15(25)11-13)26-21(33-17)27(22(30)31-23(3,4)5)16-8-9-32-19(16)20(28)29/h6-9,11-12H,10H2,1-5H3,(H,28,29). The van der Waals surface area contributed by atoms with Crippen molar-refractivity contribution >= 4 is 68.8 Å². The summed E-state index contributed by atoms with van der Waals surface area (Å²) < 4.78 is 5.61. The van der Waals surface area contributed by atoms with E-state index in [9.17, 15) is 14.7 Å². The predicted molar refractivity (Wildman–Crippen MR) is 136 cm³/mol. The van der Waals surface area contributed by atoms with E-state index in [1.165, 1.54) is 16.2 Å². The summed E-state index contributed by atoms with van der Waals surface area (Å²) in [6.45, 7) is 9.43. The van der Waals surface area contributed by atoms with Crippen LogP contribution in [0.5, 0.6) is 0 Å². The van der Waals surface area contributed by atoms with Gasteiger partial charge in [-0.1, -0.05) is 43.1 Å². The number of hydrogen-bond donors (Lipinski definition) is 1. The molecule has 0 saturated carbocycles. The van der Waals surface area contributed by atoms with E-state index in [1.54, 1.807) is 44.4 Å². The first-order valence-electron chi connectivity index (χ1n) is 10.2. The van der Waals surface area contributed by atoms with Crippen LogP contribution in [0.15, 0.2) is 29.6 Å². The number of halogens is 2. The maximum Gasteiger partial charge on any atom is 0.421 e. The lowest BCUT2D eigenvalue weighted by molar-refractivity contribution is 0.0599. The zero-order valence-corrected chi connectivity index (χ0v) is 22.0. The fourth-order valence-electron chi connectivity index (χ4n) is 3.04. The van der Waals surface area contributed by atoms with Crippen LogP contribution in [0.2, 0.25) is 10.0 Å². The van der Waals surface area contributed by atoms with Gasteiger partial charge in [0.25, 0.3) is 0 Å². The van der Waals surface area contributed by atoms with Gasteiger partial charge in [-0.25, -0.2) is 19.5 Å². The van der Waals surface area contributed by atoms with Gasteiger partial charge in [0.15, 0.2) is 5.13 Å². The van der Waals surface area contributed by atoms with Crippen LogP contribution in [-0.2, 0) is 11.2 Å². The number of benzene rings is 1. The highest BCUT2D eigenvalue weighted by Gasteiger charge is 2.32. The number of rotatable bonds is 6. The number of thiophene rings is 1. The quantitative estimate of drug-likeness (QED) is 0.350. The van der Waals surface area contributed by atoms with Crippen LogP contribution in [0, 0.1) is 5.92 Å². The van der Waals surface area contributed by atoms with E-state index in [-0.39, 0.29) is 10.6 Å². The molecular weight excluding hydrogens is 503 g/mol. The number of anilines is 2. The Morgan fingerprint density at radius 3 is 2.45 bits per heavy atom. The van der Waals surface area contributed by atoms with Gasteiger partial charge in [0, 0.05) is 10.4 Å². The first-order chi connectivity index (χ1) is 15.4. The van der Waals surface area contributed by atoms with Gasteiger partial charge in [-0.3, -0.25) is 0 Å². The van der Waals surface area contributed by atoms with Crippen molar-refractivity contribution in [2.75, 3.05) is 4.90 Å². The number of aromatic nitrogens is 1. The molecule has 0 atom stereocenters. The number of hydrogen-bond acceptors (Lipinski definition) is 6. The Kier molecular flexibility index (Phi) is 7.73. The molecule has 0 saturated heterocycles. The summed E-state index contributed by atoms with van der Waals surface area (Å²) in [4.78, 5) is 32.0. The summed E-state index contributed by atoms with van der Waals surface area (Å²) in [7, 11) is 0. The summed E-state index contributed by atoms with van der Waals surface area (Å²) in [5.74, 6) is -0.803. The van der Waals surface area contributed by atoms with Crippen LogP contribution < -0.4 is 4.90 Å². The lowest BCUT2D eigenvalue weighted by atomic mass is 10.0. The van der Waals surface area contributed by atoms with Crippen molar-refractivity contribution in [3.05, 3.63) is 49.4 Å².